The van der Waals surface area contributed by atoms with Gasteiger partial charge in [-0.1, -0.05) is 11.3 Å². The van der Waals surface area contributed by atoms with E-state index < -0.39 is 21.5 Å². The van der Waals surface area contributed by atoms with Crippen LogP contribution in [0.2, 0.25) is 0 Å². The first kappa shape index (κ1) is 23.0. The number of thiazole rings is 1. The summed E-state index contributed by atoms with van der Waals surface area (Å²) in [5.41, 5.74) is 0.576. The summed E-state index contributed by atoms with van der Waals surface area (Å²) in [6.07, 6.45) is 3.47. The SMILES string of the molecule is O=C(CCCS(=O)(=O)c1ccc(F)cc1)N(CCn1cccn1)c1nc2ccc(F)cc2s1. The molecule has 172 valence electrons. The van der Waals surface area contributed by atoms with Crippen molar-refractivity contribution in [3.05, 3.63) is 72.6 Å². The van der Waals surface area contributed by atoms with Crippen molar-refractivity contribution in [2.24, 2.45) is 0 Å². The van der Waals surface area contributed by atoms with Gasteiger partial charge in [0.1, 0.15) is 11.6 Å². The number of aromatic nitrogens is 3. The lowest BCUT2D eigenvalue weighted by Gasteiger charge is -2.20. The van der Waals surface area contributed by atoms with Gasteiger partial charge in [0.25, 0.3) is 0 Å². The van der Waals surface area contributed by atoms with Crippen LogP contribution in [-0.4, -0.2) is 41.4 Å². The molecule has 1 amide bonds. The molecule has 4 rings (SSSR count). The molecule has 11 heteroatoms. The topological polar surface area (TPSA) is 85.2 Å². The third-order valence-electron chi connectivity index (χ3n) is 4.96. The number of amides is 1. The van der Waals surface area contributed by atoms with Gasteiger partial charge < -0.3 is 0 Å². The van der Waals surface area contributed by atoms with Crippen LogP contribution in [0.1, 0.15) is 12.8 Å². The van der Waals surface area contributed by atoms with Gasteiger partial charge in [0.2, 0.25) is 5.91 Å². The van der Waals surface area contributed by atoms with E-state index in [1.165, 1.54) is 40.5 Å². The maximum atomic E-state index is 13.6. The highest BCUT2D eigenvalue weighted by molar-refractivity contribution is 7.91. The van der Waals surface area contributed by atoms with Crippen molar-refractivity contribution >= 4 is 42.4 Å². The molecule has 0 saturated heterocycles. The first-order valence-electron chi connectivity index (χ1n) is 10.1. The molecule has 0 fully saturated rings. The minimum absolute atomic E-state index is 0.0140. The molecule has 7 nitrogen and oxygen atoms in total. The van der Waals surface area contributed by atoms with Crippen LogP contribution < -0.4 is 4.90 Å². The summed E-state index contributed by atoms with van der Waals surface area (Å²) < 4.78 is 53.9. The summed E-state index contributed by atoms with van der Waals surface area (Å²) in [6.45, 7) is 0.685. The lowest BCUT2D eigenvalue weighted by atomic mass is 10.3. The lowest BCUT2D eigenvalue weighted by molar-refractivity contribution is -0.118. The van der Waals surface area contributed by atoms with E-state index in [-0.39, 0.29) is 35.9 Å². The minimum Gasteiger partial charge on any atom is -0.286 e. The van der Waals surface area contributed by atoms with E-state index in [4.69, 9.17) is 0 Å². The summed E-state index contributed by atoms with van der Waals surface area (Å²) in [5, 5.41) is 4.55. The second kappa shape index (κ2) is 9.75. The minimum atomic E-state index is -3.64. The van der Waals surface area contributed by atoms with Crippen LogP contribution in [0, 0.1) is 11.6 Å². The number of nitrogens with zero attached hydrogens (tertiary/aromatic N) is 4. The van der Waals surface area contributed by atoms with E-state index in [0.29, 0.717) is 21.9 Å². The maximum Gasteiger partial charge on any atom is 0.228 e. The van der Waals surface area contributed by atoms with E-state index in [2.05, 4.69) is 10.1 Å². The number of carbonyl (C=O) groups is 1. The van der Waals surface area contributed by atoms with Crippen molar-refractivity contribution in [1.82, 2.24) is 14.8 Å². The Morgan fingerprint density at radius 3 is 2.58 bits per heavy atom. The summed E-state index contributed by atoms with van der Waals surface area (Å²) >= 11 is 1.19. The predicted octanol–water partition coefficient (Wildman–Crippen LogP) is 4.06. The van der Waals surface area contributed by atoms with Gasteiger partial charge >= 0.3 is 0 Å². The molecule has 2 aromatic heterocycles. The number of hydrogen-bond acceptors (Lipinski definition) is 6. The second-order valence-electron chi connectivity index (χ2n) is 7.30. The van der Waals surface area contributed by atoms with Crippen LogP contribution >= 0.6 is 11.3 Å². The zero-order valence-corrected chi connectivity index (χ0v) is 19.0. The monoisotopic (exact) mass is 490 g/mol. The molecule has 0 unspecified atom stereocenters. The zero-order valence-electron chi connectivity index (χ0n) is 17.4. The quantitative estimate of drug-likeness (QED) is 0.331. The predicted molar refractivity (Wildman–Crippen MR) is 122 cm³/mol. The highest BCUT2D eigenvalue weighted by atomic mass is 32.2. The molecule has 0 aliphatic rings. The Bertz CT molecular complexity index is 1350. The van der Waals surface area contributed by atoms with Crippen LogP contribution in [0.5, 0.6) is 0 Å². The Kier molecular flexibility index (Phi) is 6.80. The molecule has 0 aliphatic carbocycles. The molecule has 0 spiro atoms. The van der Waals surface area contributed by atoms with Crippen molar-refractivity contribution in [1.29, 1.82) is 0 Å². The van der Waals surface area contributed by atoms with Gasteiger partial charge in [0.05, 0.1) is 27.4 Å². The number of carbonyl (C=O) groups excluding carboxylic acids is 1. The van der Waals surface area contributed by atoms with Crippen LogP contribution in [0.3, 0.4) is 0 Å². The molecule has 0 N–H and O–H groups in total. The Balaban J connectivity index is 1.48. The van der Waals surface area contributed by atoms with Gasteiger partial charge in [-0.2, -0.15) is 5.10 Å². The molecule has 0 radical (unpaired) electrons. The average molecular weight is 491 g/mol. The third-order valence-corrected chi connectivity index (χ3v) is 7.82. The highest BCUT2D eigenvalue weighted by Crippen LogP contribution is 2.30. The fraction of sp³-hybridized carbons (Fsp3) is 0.227. The fourth-order valence-corrected chi connectivity index (χ4v) is 5.62. The Morgan fingerprint density at radius 2 is 1.85 bits per heavy atom. The van der Waals surface area contributed by atoms with Crippen molar-refractivity contribution in [2.45, 2.75) is 24.3 Å². The van der Waals surface area contributed by atoms with Crippen molar-refractivity contribution in [3.63, 3.8) is 0 Å². The number of rotatable bonds is 9. The van der Waals surface area contributed by atoms with E-state index in [0.717, 1.165) is 12.1 Å². The standard InChI is InChI=1S/C22H20F2N4O3S2/c23-16-4-7-18(8-5-16)33(30,31)14-1-3-21(29)28(13-12-27-11-2-10-25-27)22-26-19-9-6-17(24)15-20(19)32-22/h2,4-11,15H,1,3,12-14H2. The summed E-state index contributed by atoms with van der Waals surface area (Å²) in [6, 6.07) is 10.6. The van der Waals surface area contributed by atoms with Crippen molar-refractivity contribution in [2.75, 3.05) is 17.2 Å². The molecule has 2 aromatic carbocycles. The van der Waals surface area contributed by atoms with Crippen LogP contribution in [0.25, 0.3) is 10.2 Å². The highest BCUT2D eigenvalue weighted by Gasteiger charge is 2.22. The van der Waals surface area contributed by atoms with Crippen molar-refractivity contribution in [3.8, 4) is 0 Å². The van der Waals surface area contributed by atoms with Gasteiger partial charge in [0.15, 0.2) is 15.0 Å². The van der Waals surface area contributed by atoms with Gasteiger partial charge in [-0.25, -0.2) is 22.2 Å². The largest absolute Gasteiger partial charge is 0.286 e. The molecule has 2 heterocycles. The Labute approximate surface area is 193 Å². The summed E-state index contributed by atoms with van der Waals surface area (Å²) in [4.78, 5) is 19.0. The van der Waals surface area contributed by atoms with Crippen LogP contribution in [-0.2, 0) is 21.2 Å². The molecular weight excluding hydrogens is 470 g/mol. The number of hydrogen-bond donors (Lipinski definition) is 0. The molecule has 0 bridgehead atoms. The number of benzene rings is 2. The summed E-state index contributed by atoms with van der Waals surface area (Å²) in [7, 11) is -3.64. The first-order chi connectivity index (χ1) is 15.8. The van der Waals surface area contributed by atoms with E-state index in [1.54, 1.807) is 29.2 Å². The first-order valence-corrected chi connectivity index (χ1v) is 12.6. The van der Waals surface area contributed by atoms with Crippen LogP contribution in [0.4, 0.5) is 13.9 Å². The smallest absolute Gasteiger partial charge is 0.228 e. The van der Waals surface area contributed by atoms with Crippen LogP contribution in [0.15, 0.2) is 65.8 Å². The normalized spacial score (nSPS) is 11.7. The summed E-state index contributed by atoms with van der Waals surface area (Å²) in [5.74, 6) is -1.45. The fourth-order valence-electron chi connectivity index (χ4n) is 3.27. The molecule has 0 atom stereocenters. The lowest BCUT2D eigenvalue weighted by Crippen LogP contribution is -2.34. The maximum absolute atomic E-state index is 13.6. The van der Waals surface area contributed by atoms with E-state index in [9.17, 15) is 22.0 Å². The van der Waals surface area contributed by atoms with Gasteiger partial charge in [-0.15, -0.1) is 0 Å². The molecule has 0 saturated carbocycles. The van der Waals surface area contributed by atoms with Gasteiger partial charge in [0, 0.05) is 25.4 Å². The molecule has 33 heavy (non-hydrogen) atoms. The molecule has 4 aromatic rings. The van der Waals surface area contributed by atoms with E-state index in [1.807, 2.05) is 0 Å². The van der Waals surface area contributed by atoms with E-state index >= 15 is 0 Å². The molecule has 0 aliphatic heterocycles. The Hall–Kier alpha value is -3.18. The average Bonchev–Trinajstić information content (AvgIpc) is 3.43. The van der Waals surface area contributed by atoms with Gasteiger partial charge in [-0.3, -0.25) is 14.4 Å². The number of halogens is 2. The second-order valence-corrected chi connectivity index (χ2v) is 10.4. The number of anilines is 1. The number of sulfone groups is 1. The van der Waals surface area contributed by atoms with Crippen molar-refractivity contribution < 1.29 is 22.0 Å². The molecular formula is C22H20F2N4O3S2. The Morgan fingerprint density at radius 1 is 1.09 bits per heavy atom. The number of fused-ring (bicyclic) bond motifs is 1. The zero-order chi connectivity index (χ0) is 23.4. The third kappa shape index (κ3) is 5.60. The van der Waals surface area contributed by atoms with Gasteiger partial charge in [-0.05, 0) is 55.0 Å².